The fourth-order valence-corrected chi connectivity index (χ4v) is 4.76. The number of hydrogen-bond donors (Lipinski definition) is 2. The van der Waals surface area contributed by atoms with E-state index in [9.17, 15) is 9.11 Å². The summed E-state index contributed by atoms with van der Waals surface area (Å²) in [6.45, 7) is 2.48. The average molecular weight is 294 g/mol. The highest BCUT2D eigenvalue weighted by Crippen LogP contribution is 2.54. The number of rotatable bonds is 2. The molecule has 1 aromatic carbocycles. The first-order valence-electron chi connectivity index (χ1n) is 6.65. The molecule has 2 heterocycles. The molecule has 0 radical (unpaired) electrons. The van der Waals surface area contributed by atoms with Crippen LogP contribution < -0.4 is 4.31 Å². The van der Waals surface area contributed by atoms with Crippen LogP contribution in [0, 0.1) is 11.5 Å². The molecule has 0 spiro atoms. The van der Waals surface area contributed by atoms with Crippen LogP contribution in [0.3, 0.4) is 0 Å². The van der Waals surface area contributed by atoms with Gasteiger partial charge in [-0.1, -0.05) is 29.2 Å². The molecule has 2 aliphatic heterocycles. The van der Waals surface area contributed by atoms with Gasteiger partial charge in [0.2, 0.25) is 0 Å². The van der Waals surface area contributed by atoms with Crippen molar-refractivity contribution in [2.75, 3.05) is 30.5 Å². The van der Waals surface area contributed by atoms with Crippen LogP contribution in [0.5, 0.6) is 0 Å². The molecule has 1 atom stereocenters. The first-order chi connectivity index (χ1) is 9.63. The van der Waals surface area contributed by atoms with Crippen molar-refractivity contribution in [1.82, 2.24) is 9.21 Å². The molecular formula is C13H18N4O2S. The van der Waals surface area contributed by atoms with E-state index in [1.165, 1.54) is 0 Å². The maximum absolute atomic E-state index is 10.6. The lowest BCUT2D eigenvalue weighted by molar-refractivity contribution is 0.310. The van der Waals surface area contributed by atoms with E-state index in [0.29, 0.717) is 26.2 Å². The van der Waals surface area contributed by atoms with E-state index in [0.717, 1.165) is 12.1 Å². The van der Waals surface area contributed by atoms with E-state index in [1.54, 1.807) is 13.5 Å². The third-order valence-corrected chi connectivity index (χ3v) is 5.98. The molecule has 2 saturated heterocycles. The van der Waals surface area contributed by atoms with Gasteiger partial charge in [0.25, 0.3) is 0 Å². The van der Waals surface area contributed by atoms with Gasteiger partial charge < -0.3 is 4.90 Å². The van der Waals surface area contributed by atoms with Crippen LogP contribution in [0.2, 0.25) is 0 Å². The summed E-state index contributed by atoms with van der Waals surface area (Å²) in [7, 11) is -2.97. The minimum atomic E-state index is -2.97. The number of hydrogen-bond acceptors (Lipinski definition) is 6. The summed E-state index contributed by atoms with van der Waals surface area (Å²) in [4.78, 5) is 1.67. The fraction of sp³-hybridized carbons (Fsp3) is 0.462. The highest BCUT2D eigenvalue weighted by Gasteiger charge is 2.43. The van der Waals surface area contributed by atoms with Crippen molar-refractivity contribution in [3.63, 3.8) is 0 Å². The minimum Gasteiger partial charge on any atom is -0.309 e. The summed E-state index contributed by atoms with van der Waals surface area (Å²) >= 11 is 0. The first kappa shape index (κ1) is 13.5. The second kappa shape index (κ2) is 5.14. The Morgan fingerprint density at radius 3 is 2.55 bits per heavy atom. The van der Waals surface area contributed by atoms with Crippen molar-refractivity contribution in [2.24, 2.45) is 0 Å². The molecule has 3 rings (SSSR count). The lowest BCUT2D eigenvalue weighted by atomic mass is 10.2. The monoisotopic (exact) mass is 294 g/mol. The first-order valence-corrected chi connectivity index (χ1v) is 8.11. The Bertz CT molecular complexity index is 519. The Kier molecular flexibility index (Phi) is 3.48. The van der Waals surface area contributed by atoms with Crippen molar-refractivity contribution in [3.8, 4) is 6.19 Å². The summed E-state index contributed by atoms with van der Waals surface area (Å²) < 4.78 is 24.6. The number of nitriles is 1. The standard InChI is InChI=1S/C13H18N4O2S/c14-11-15-7-6-13(10-15)17-9-8-16(20(17,18)19)12-4-2-1-3-5-12/h1-5,13,18-19H,6-10H2/t13-/m0/s1. The summed E-state index contributed by atoms with van der Waals surface area (Å²) in [6.07, 6.45) is 2.92. The zero-order chi connectivity index (χ0) is 14.2. The largest absolute Gasteiger partial charge is 0.309 e. The molecule has 6 nitrogen and oxygen atoms in total. The van der Waals surface area contributed by atoms with Gasteiger partial charge in [-0.3, -0.25) is 13.4 Å². The third kappa shape index (κ3) is 2.21. The molecule has 0 bridgehead atoms. The quantitative estimate of drug-likeness (QED) is 0.812. The molecule has 108 valence electrons. The van der Waals surface area contributed by atoms with Gasteiger partial charge in [0.15, 0.2) is 6.19 Å². The van der Waals surface area contributed by atoms with Gasteiger partial charge in [0.05, 0.1) is 18.3 Å². The maximum atomic E-state index is 10.6. The van der Waals surface area contributed by atoms with Crippen LogP contribution >= 0.6 is 11.0 Å². The molecule has 0 amide bonds. The summed E-state index contributed by atoms with van der Waals surface area (Å²) in [5.41, 5.74) is 0.824. The number of nitrogens with zero attached hydrogens (tertiary/aromatic N) is 4. The fourth-order valence-electron chi connectivity index (χ4n) is 2.88. The lowest BCUT2D eigenvalue weighted by Gasteiger charge is -2.45. The van der Waals surface area contributed by atoms with Crippen LogP contribution in [0.15, 0.2) is 30.3 Å². The van der Waals surface area contributed by atoms with Crippen molar-refractivity contribution in [1.29, 1.82) is 5.26 Å². The van der Waals surface area contributed by atoms with Gasteiger partial charge in [-0.25, -0.2) is 0 Å². The Hall–Kier alpha value is -1.46. The van der Waals surface area contributed by atoms with E-state index in [1.807, 2.05) is 30.3 Å². The van der Waals surface area contributed by atoms with E-state index < -0.39 is 11.0 Å². The highest BCUT2D eigenvalue weighted by molar-refractivity contribution is 8.23. The predicted octanol–water partition coefficient (Wildman–Crippen LogP) is 1.94. The third-order valence-electron chi connectivity index (χ3n) is 3.89. The normalized spacial score (nSPS) is 27.6. The topological polar surface area (TPSA) is 74.0 Å². The molecule has 0 aliphatic carbocycles. The minimum absolute atomic E-state index is 0.0355. The van der Waals surface area contributed by atoms with Crippen LogP contribution in [0.25, 0.3) is 0 Å². The predicted molar refractivity (Wildman–Crippen MR) is 78.9 cm³/mol. The maximum Gasteiger partial charge on any atom is 0.179 e. The Labute approximate surface area is 120 Å². The number of anilines is 1. The van der Waals surface area contributed by atoms with E-state index in [2.05, 4.69) is 6.19 Å². The molecule has 20 heavy (non-hydrogen) atoms. The average Bonchev–Trinajstić information content (AvgIpc) is 3.03. The summed E-state index contributed by atoms with van der Waals surface area (Å²) in [6, 6.07) is 9.49. The van der Waals surface area contributed by atoms with Gasteiger partial charge in [-0.05, 0) is 18.6 Å². The van der Waals surface area contributed by atoms with Crippen molar-refractivity contribution >= 4 is 16.6 Å². The van der Waals surface area contributed by atoms with Crippen molar-refractivity contribution in [3.05, 3.63) is 30.3 Å². The second-order valence-corrected chi connectivity index (χ2v) is 6.95. The van der Waals surface area contributed by atoms with Gasteiger partial charge in [-0.2, -0.15) is 9.57 Å². The van der Waals surface area contributed by atoms with Crippen LogP contribution in [-0.4, -0.2) is 50.5 Å². The van der Waals surface area contributed by atoms with Gasteiger partial charge >= 0.3 is 0 Å². The van der Waals surface area contributed by atoms with Crippen molar-refractivity contribution in [2.45, 2.75) is 12.5 Å². The zero-order valence-corrected chi connectivity index (χ0v) is 11.9. The summed E-state index contributed by atoms with van der Waals surface area (Å²) in [5.74, 6) is 0. The second-order valence-electron chi connectivity index (χ2n) is 5.06. The van der Waals surface area contributed by atoms with E-state index in [4.69, 9.17) is 5.26 Å². The molecule has 0 aromatic heterocycles. The molecule has 1 aromatic rings. The zero-order valence-electron chi connectivity index (χ0n) is 11.1. The molecule has 0 saturated carbocycles. The van der Waals surface area contributed by atoms with Crippen LogP contribution in [-0.2, 0) is 0 Å². The lowest BCUT2D eigenvalue weighted by Crippen LogP contribution is -2.38. The molecule has 2 aliphatic rings. The summed E-state index contributed by atoms with van der Waals surface area (Å²) in [5, 5.41) is 8.92. The number of benzene rings is 1. The van der Waals surface area contributed by atoms with E-state index in [-0.39, 0.29) is 6.04 Å². The van der Waals surface area contributed by atoms with Crippen molar-refractivity contribution < 1.29 is 9.11 Å². The van der Waals surface area contributed by atoms with Crippen LogP contribution in [0.1, 0.15) is 6.42 Å². The highest BCUT2D eigenvalue weighted by atomic mass is 32.3. The molecule has 0 unspecified atom stereocenters. The molecular weight excluding hydrogens is 276 g/mol. The smallest absolute Gasteiger partial charge is 0.179 e. The Balaban J connectivity index is 1.78. The molecule has 2 fully saturated rings. The van der Waals surface area contributed by atoms with Gasteiger partial charge in [0, 0.05) is 19.6 Å². The Morgan fingerprint density at radius 2 is 1.90 bits per heavy atom. The molecule has 7 heteroatoms. The SMILES string of the molecule is N#CN1CC[C@H](N2CCN(c3ccccc3)S2(O)O)C1. The number of likely N-dealkylation sites (tertiary alicyclic amines) is 1. The van der Waals surface area contributed by atoms with E-state index >= 15 is 0 Å². The van der Waals surface area contributed by atoms with Gasteiger partial charge in [0.1, 0.15) is 0 Å². The molecule has 2 N–H and O–H groups in total. The number of para-hydroxylation sites is 1. The van der Waals surface area contributed by atoms with Gasteiger partial charge in [-0.15, -0.1) is 0 Å². The Morgan fingerprint density at radius 1 is 1.15 bits per heavy atom. The van der Waals surface area contributed by atoms with Crippen LogP contribution in [0.4, 0.5) is 5.69 Å².